The summed E-state index contributed by atoms with van der Waals surface area (Å²) in [5.41, 5.74) is -0.840. The van der Waals surface area contributed by atoms with E-state index in [9.17, 15) is 13.2 Å². The van der Waals surface area contributed by atoms with Gasteiger partial charge in [-0.15, -0.1) is 35.3 Å². The smallest absolute Gasteiger partial charge is 0.356 e. The number of thiazole rings is 1. The van der Waals surface area contributed by atoms with Crippen LogP contribution in [0.25, 0.3) is 0 Å². The Balaban J connectivity index is 0.00000288. The number of halogens is 4. The van der Waals surface area contributed by atoms with Crippen LogP contribution in [0.1, 0.15) is 24.0 Å². The van der Waals surface area contributed by atoms with Crippen LogP contribution in [0.5, 0.6) is 0 Å². The Morgan fingerprint density at radius 2 is 2.21 bits per heavy atom. The summed E-state index contributed by atoms with van der Waals surface area (Å²) in [5.74, 6) is 1.16. The maximum Gasteiger partial charge on any atom is 0.434 e. The molecule has 5 nitrogen and oxygen atoms in total. The van der Waals surface area contributed by atoms with Crippen LogP contribution < -0.4 is 10.6 Å². The van der Waals surface area contributed by atoms with Crippen molar-refractivity contribution in [2.45, 2.75) is 26.1 Å². The molecule has 2 N–H and O–H groups in total. The van der Waals surface area contributed by atoms with Crippen LogP contribution in [-0.2, 0) is 12.7 Å². The first-order chi connectivity index (χ1) is 10.9. The summed E-state index contributed by atoms with van der Waals surface area (Å²) in [5, 5.41) is 7.66. The molecule has 2 heterocycles. The average Bonchev–Trinajstić information content (AvgIpc) is 3.15. The summed E-state index contributed by atoms with van der Waals surface area (Å²) in [6, 6.07) is 0. The van der Waals surface area contributed by atoms with Crippen molar-refractivity contribution in [3.63, 3.8) is 0 Å². The molecular formula is C14H23F3IN5S. The van der Waals surface area contributed by atoms with Gasteiger partial charge in [0, 0.05) is 25.5 Å². The lowest BCUT2D eigenvalue weighted by Crippen LogP contribution is -2.39. The second kappa shape index (κ2) is 9.76. The van der Waals surface area contributed by atoms with Crippen molar-refractivity contribution in [3.8, 4) is 0 Å². The number of alkyl halides is 3. The predicted octanol–water partition coefficient (Wildman–Crippen LogP) is 2.79. The van der Waals surface area contributed by atoms with Crippen molar-refractivity contribution in [1.82, 2.24) is 20.5 Å². The van der Waals surface area contributed by atoms with Crippen molar-refractivity contribution < 1.29 is 13.2 Å². The molecule has 1 unspecified atom stereocenters. The molecule has 0 saturated carbocycles. The molecule has 0 bridgehead atoms. The largest absolute Gasteiger partial charge is 0.434 e. The summed E-state index contributed by atoms with van der Waals surface area (Å²) in [6.07, 6.45) is -3.23. The van der Waals surface area contributed by atoms with Gasteiger partial charge in [0.1, 0.15) is 5.01 Å². The molecule has 10 heteroatoms. The van der Waals surface area contributed by atoms with Crippen molar-refractivity contribution in [2.24, 2.45) is 10.9 Å². The molecule has 1 fully saturated rings. The second-order valence-corrected chi connectivity index (χ2v) is 6.42. The fraction of sp³-hybridized carbons (Fsp3) is 0.714. The Morgan fingerprint density at radius 3 is 2.75 bits per heavy atom. The van der Waals surface area contributed by atoms with Crippen LogP contribution in [0.2, 0.25) is 0 Å². The van der Waals surface area contributed by atoms with Gasteiger partial charge in [-0.25, -0.2) is 4.98 Å². The van der Waals surface area contributed by atoms with Crippen LogP contribution in [0.15, 0.2) is 10.4 Å². The minimum Gasteiger partial charge on any atom is -0.356 e. The normalized spacial score (nSPS) is 19.2. The van der Waals surface area contributed by atoms with Gasteiger partial charge in [-0.2, -0.15) is 13.2 Å². The van der Waals surface area contributed by atoms with E-state index in [-0.39, 0.29) is 30.5 Å². The number of nitrogens with one attached hydrogen (secondary N) is 2. The highest BCUT2D eigenvalue weighted by Gasteiger charge is 2.33. The van der Waals surface area contributed by atoms with E-state index in [1.165, 1.54) is 0 Å². The molecule has 138 valence electrons. The topological polar surface area (TPSA) is 52.5 Å². The maximum atomic E-state index is 12.5. The zero-order valence-electron chi connectivity index (χ0n) is 13.7. The average molecular weight is 477 g/mol. The lowest BCUT2D eigenvalue weighted by Gasteiger charge is -2.16. The first-order valence-electron chi connectivity index (χ1n) is 7.60. The molecule has 0 amide bonds. The van der Waals surface area contributed by atoms with Gasteiger partial charge in [-0.3, -0.25) is 4.99 Å². The first-order valence-corrected chi connectivity index (χ1v) is 8.48. The second-order valence-electron chi connectivity index (χ2n) is 5.48. The van der Waals surface area contributed by atoms with Crippen LogP contribution in [-0.4, -0.2) is 49.1 Å². The van der Waals surface area contributed by atoms with E-state index < -0.39 is 11.9 Å². The molecule has 2 rings (SSSR count). The van der Waals surface area contributed by atoms with Gasteiger partial charge in [0.2, 0.25) is 0 Å². The van der Waals surface area contributed by atoms with Gasteiger partial charge in [0.15, 0.2) is 11.7 Å². The molecule has 0 radical (unpaired) electrons. The fourth-order valence-corrected chi connectivity index (χ4v) is 3.25. The van der Waals surface area contributed by atoms with Crippen LogP contribution in [0.3, 0.4) is 0 Å². The van der Waals surface area contributed by atoms with Gasteiger partial charge in [0.05, 0.1) is 6.54 Å². The molecule has 1 aliphatic heterocycles. The van der Waals surface area contributed by atoms with E-state index in [0.29, 0.717) is 16.9 Å². The molecule has 1 saturated heterocycles. The molecule has 1 aromatic rings. The SMILES string of the molecule is CCN1CCC(CNC(=NC)NCc2nc(C(F)(F)F)cs2)C1.I. The van der Waals surface area contributed by atoms with Crippen molar-refractivity contribution in [2.75, 3.05) is 33.2 Å². The lowest BCUT2D eigenvalue weighted by molar-refractivity contribution is -0.140. The number of hydrogen-bond donors (Lipinski definition) is 2. The van der Waals surface area contributed by atoms with Gasteiger partial charge >= 0.3 is 6.18 Å². The summed E-state index contributed by atoms with van der Waals surface area (Å²) < 4.78 is 37.5. The predicted molar refractivity (Wildman–Crippen MR) is 101 cm³/mol. The standard InChI is InChI=1S/C14H22F3N5S.HI/c1-3-22-5-4-10(8-22)6-19-13(18-2)20-7-12-21-11(9-23-12)14(15,16)17;/h9-10H,3-8H2,1-2H3,(H2,18,19,20);1H. The lowest BCUT2D eigenvalue weighted by atomic mass is 10.1. The van der Waals surface area contributed by atoms with E-state index in [2.05, 4.69) is 32.4 Å². The molecule has 24 heavy (non-hydrogen) atoms. The number of hydrogen-bond acceptors (Lipinski definition) is 4. The zero-order valence-corrected chi connectivity index (χ0v) is 16.8. The third-order valence-corrected chi connectivity index (χ3v) is 4.70. The van der Waals surface area contributed by atoms with E-state index in [0.717, 1.165) is 49.3 Å². The summed E-state index contributed by atoms with van der Waals surface area (Å²) in [6.45, 7) is 6.44. The molecule has 0 aliphatic carbocycles. The van der Waals surface area contributed by atoms with Crippen molar-refractivity contribution in [1.29, 1.82) is 0 Å². The number of aliphatic imine (C=N–C) groups is 1. The highest BCUT2D eigenvalue weighted by molar-refractivity contribution is 14.0. The minimum atomic E-state index is -4.39. The molecule has 0 spiro atoms. The monoisotopic (exact) mass is 477 g/mol. The first kappa shape index (κ1) is 21.4. The number of aromatic nitrogens is 1. The number of guanidine groups is 1. The Morgan fingerprint density at radius 1 is 1.46 bits per heavy atom. The third-order valence-electron chi connectivity index (χ3n) is 3.85. The Kier molecular flexibility index (Phi) is 8.71. The number of likely N-dealkylation sites (tertiary alicyclic amines) is 1. The highest BCUT2D eigenvalue weighted by atomic mass is 127. The quantitative estimate of drug-likeness (QED) is 0.389. The van der Waals surface area contributed by atoms with Crippen LogP contribution >= 0.6 is 35.3 Å². The van der Waals surface area contributed by atoms with Gasteiger partial charge < -0.3 is 15.5 Å². The van der Waals surface area contributed by atoms with Crippen molar-refractivity contribution in [3.05, 3.63) is 16.1 Å². The van der Waals surface area contributed by atoms with Crippen LogP contribution in [0, 0.1) is 5.92 Å². The molecule has 0 aromatic carbocycles. The van der Waals surface area contributed by atoms with Gasteiger partial charge in [-0.1, -0.05) is 6.92 Å². The van der Waals surface area contributed by atoms with Crippen LogP contribution in [0.4, 0.5) is 13.2 Å². The van der Waals surface area contributed by atoms with Crippen molar-refractivity contribution >= 4 is 41.3 Å². The van der Waals surface area contributed by atoms with E-state index in [1.54, 1.807) is 7.05 Å². The molecule has 1 aromatic heterocycles. The molecule has 1 atom stereocenters. The summed E-state index contributed by atoms with van der Waals surface area (Å²) in [7, 11) is 1.64. The molecule has 1 aliphatic rings. The highest BCUT2D eigenvalue weighted by Crippen LogP contribution is 2.29. The van der Waals surface area contributed by atoms with E-state index in [4.69, 9.17) is 0 Å². The van der Waals surface area contributed by atoms with E-state index in [1.807, 2.05) is 0 Å². The zero-order chi connectivity index (χ0) is 16.9. The van der Waals surface area contributed by atoms with Gasteiger partial charge in [0.25, 0.3) is 0 Å². The number of rotatable bonds is 5. The summed E-state index contributed by atoms with van der Waals surface area (Å²) in [4.78, 5) is 10.1. The Labute approximate surface area is 161 Å². The summed E-state index contributed by atoms with van der Waals surface area (Å²) >= 11 is 0.993. The Bertz CT molecular complexity index is 535. The molecular weight excluding hydrogens is 454 g/mol. The fourth-order valence-electron chi connectivity index (χ4n) is 2.51. The minimum absolute atomic E-state index is 0. The Hall–Kier alpha value is -0.620. The van der Waals surface area contributed by atoms with E-state index >= 15 is 0 Å². The maximum absolute atomic E-state index is 12.5. The third kappa shape index (κ3) is 6.36. The number of nitrogens with zero attached hydrogens (tertiary/aromatic N) is 3. The van der Waals surface area contributed by atoms with Gasteiger partial charge in [-0.05, 0) is 25.4 Å².